The molecular weight excluding hydrogens is 468 g/mol. The van der Waals surface area contributed by atoms with Crippen LogP contribution in [0.4, 0.5) is 5.69 Å². The largest absolute Gasteiger partial charge is 0.365 e. The monoisotopic (exact) mass is 490 g/mol. The van der Waals surface area contributed by atoms with Crippen LogP contribution in [-0.4, -0.2) is 56.5 Å². The van der Waals surface area contributed by atoms with Crippen LogP contribution >= 0.6 is 11.6 Å². The van der Waals surface area contributed by atoms with Crippen LogP contribution in [0.15, 0.2) is 70.4 Å². The lowest BCUT2D eigenvalue weighted by atomic mass is 10.1. The summed E-state index contributed by atoms with van der Waals surface area (Å²) in [5.74, 6) is -0.0651. The Bertz CT molecular complexity index is 1520. The maximum atomic E-state index is 13.1. The van der Waals surface area contributed by atoms with Crippen LogP contribution < -0.4 is 16.0 Å². The number of hydrogen-bond donors (Lipinski definition) is 0. The van der Waals surface area contributed by atoms with Gasteiger partial charge in [0.25, 0.3) is 11.1 Å². The molecule has 0 spiro atoms. The first-order valence-electron chi connectivity index (χ1n) is 11.2. The summed E-state index contributed by atoms with van der Waals surface area (Å²) in [5, 5.41) is 9.98. The lowest BCUT2D eigenvalue weighted by molar-refractivity contribution is -0.130. The number of rotatable bonds is 4. The fraction of sp³-hybridized carbons (Fsp3) is 0.240. The van der Waals surface area contributed by atoms with Gasteiger partial charge in [-0.05, 0) is 18.2 Å². The number of carbonyl (C=O) groups is 1. The van der Waals surface area contributed by atoms with Gasteiger partial charge in [-0.3, -0.25) is 14.4 Å². The first-order chi connectivity index (χ1) is 16.9. The molecule has 1 fully saturated rings. The van der Waals surface area contributed by atoms with E-state index in [0.717, 1.165) is 0 Å². The van der Waals surface area contributed by atoms with E-state index in [4.69, 9.17) is 11.6 Å². The number of anilines is 1. The smallest absolute Gasteiger partial charge is 0.292 e. The molecule has 4 aromatic rings. The van der Waals surface area contributed by atoms with Gasteiger partial charge in [-0.25, -0.2) is 4.68 Å². The Hall–Kier alpha value is -3.98. The van der Waals surface area contributed by atoms with Gasteiger partial charge < -0.3 is 9.80 Å². The molecular formula is C25H23ClN6O3. The van der Waals surface area contributed by atoms with Gasteiger partial charge in [0.15, 0.2) is 0 Å². The molecule has 10 heteroatoms. The minimum Gasteiger partial charge on any atom is -0.365 e. The Balaban J connectivity index is 1.30. The van der Waals surface area contributed by atoms with Crippen molar-refractivity contribution in [2.75, 3.05) is 31.1 Å². The van der Waals surface area contributed by atoms with E-state index in [1.165, 1.54) is 9.36 Å². The van der Waals surface area contributed by atoms with Gasteiger partial charge in [0.1, 0.15) is 5.02 Å². The van der Waals surface area contributed by atoms with E-state index in [2.05, 4.69) is 10.2 Å². The molecule has 0 atom stereocenters. The number of carbonyl (C=O) groups excluding carboxylic acids is 1. The summed E-state index contributed by atoms with van der Waals surface area (Å²) < 4.78 is 2.55. The van der Waals surface area contributed by atoms with Crippen LogP contribution in [0.1, 0.15) is 5.69 Å². The number of amides is 1. The summed E-state index contributed by atoms with van der Waals surface area (Å²) in [6.07, 6.45) is 1.69. The summed E-state index contributed by atoms with van der Waals surface area (Å²) in [6.45, 7) is 1.98. The molecule has 2 aromatic heterocycles. The van der Waals surface area contributed by atoms with E-state index >= 15 is 0 Å². The molecule has 9 nitrogen and oxygen atoms in total. The van der Waals surface area contributed by atoms with Crippen LogP contribution in [0.25, 0.3) is 16.5 Å². The van der Waals surface area contributed by atoms with Gasteiger partial charge in [0.05, 0.1) is 35.1 Å². The molecule has 1 aliphatic heterocycles. The van der Waals surface area contributed by atoms with Crippen molar-refractivity contribution in [3.8, 4) is 5.69 Å². The van der Waals surface area contributed by atoms with Crippen molar-refractivity contribution in [1.29, 1.82) is 0 Å². The third-order valence-electron chi connectivity index (χ3n) is 6.23. The van der Waals surface area contributed by atoms with Crippen molar-refractivity contribution in [2.24, 2.45) is 7.05 Å². The molecule has 0 N–H and O–H groups in total. The molecule has 0 bridgehead atoms. The van der Waals surface area contributed by atoms with Gasteiger partial charge in [-0.1, -0.05) is 48.0 Å². The highest BCUT2D eigenvalue weighted by Gasteiger charge is 2.25. The predicted octanol–water partition coefficient (Wildman–Crippen LogP) is 2.02. The maximum Gasteiger partial charge on any atom is 0.292 e. The molecule has 2 aromatic carbocycles. The Morgan fingerprint density at radius 2 is 1.57 bits per heavy atom. The SMILES string of the molecule is Cn1nc(CC(=O)N2CCN(c3cnn(-c4ccccc4)c(=O)c3Cl)CC2)c2ccccc2c1=O. The molecule has 1 amide bonds. The molecule has 1 aliphatic rings. The molecule has 0 unspecified atom stereocenters. The summed E-state index contributed by atoms with van der Waals surface area (Å²) in [4.78, 5) is 42.0. The van der Waals surface area contributed by atoms with Crippen LogP contribution in [0.5, 0.6) is 0 Å². The Kier molecular flexibility index (Phi) is 6.08. The summed E-state index contributed by atoms with van der Waals surface area (Å²) in [6, 6.07) is 16.3. The zero-order chi connectivity index (χ0) is 24.5. The van der Waals surface area contributed by atoms with Gasteiger partial charge in [0, 0.05) is 38.6 Å². The first-order valence-corrected chi connectivity index (χ1v) is 11.6. The minimum atomic E-state index is -0.387. The van der Waals surface area contributed by atoms with Gasteiger partial charge >= 0.3 is 0 Å². The summed E-state index contributed by atoms with van der Waals surface area (Å²) in [5.41, 5.74) is 1.20. The summed E-state index contributed by atoms with van der Waals surface area (Å²) in [7, 11) is 1.59. The molecule has 0 aliphatic carbocycles. The highest BCUT2D eigenvalue weighted by molar-refractivity contribution is 6.33. The van der Waals surface area contributed by atoms with E-state index in [0.29, 0.717) is 54.0 Å². The number of aryl methyl sites for hydroxylation is 1. The molecule has 0 saturated carbocycles. The number of hydrogen-bond acceptors (Lipinski definition) is 6. The quantitative estimate of drug-likeness (QED) is 0.434. The standard InChI is InChI=1S/C25H23ClN6O3/c1-29-24(34)19-10-6-5-9-18(19)20(28-29)15-22(33)31-13-11-30(12-14-31)21-16-27-32(25(35)23(21)26)17-7-3-2-4-8-17/h2-10,16H,11-15H2,1H3. The van der Waals surface area contributed by atoms with Crippen molar-refractivity contribution >= 4 is 34.0 Å². The number of fused-ring (bicyclic) bond motifs is 1. The molecule has 178 valence electrons. The lowest BCUT2D eigenvalue weighted by Crippen LogP contribution is -2.49. The Morgan fingerprint density at radius 1 is 0.914 bits per heavy atom. The lowest BCUT2D eigenvalue weighted by Gasteiger charge is -2.36. The number of para-hydroxylation sites is 1. The molecule has 3 heterocycles. The zero-order valence-corrected chi connectivity index (χ0v) is 19.9. The molecule has 1 saturated heterocycles. The number of piperazine rings is 1. The molecule has 5 rings (SSSR count). The second-order valence-electron chi connectivity index (χ2n) is 8.36. The molecule has 35 heavy (non-hydrogen) atoms. The van der Waals surface area contributed by atoms with Crippen molar-refractivity contribution in [1.82, 2.24) is 24.5 Å². The van der Waals surface area contributed by atoms with Crippen LogP contribution in [0, 0.1) is 0 Å². The van der Waals surface area contributed by atoms with Crippen molar-refractivity contribution in [2.45, 2.75) is 6.42 Å². The van der Waals surface area contributed by atoms with Gasteiger partial charge in [-0.2, -0.15) is 14.9 Å². The normalized spacial score (nSPS) is 13.9. The average molecular weight is 491 g/mol. The first kappa shape index (κ1) is 22.8. The van der Waals surface area contributed by atoms with Crippen molar-refractivity contribution in [3.05, 3.63) is 92.2 Å². The number of benzene rings is 2. The Morgan fingerprint density at radius 3 is 2.29 bits per heavy atom. The molecule has 0 radical (unpaired) electrons. The van der Waals surface area contributed by atoms with Crippen LogP contribution in [0.3, 0.4) is 0 Å². The number of nitrogens with zero attached hydrogens (tertiary/aromatic N) is 6. The Labute approximate surface area is 205 Å². The van der Waals surface area contributed by atoms with E-state index < -0.39 is 0 Å². The van der Waals surface area contributed by atoms with E-state index in [1.807, 2.05) is 35.2 Å². The maximum absolute atomic E-state index is 13.1. The summed E-state index contributed by atoms with van der Waals surface area (Å²) >= 11 is 6.44. The van der Waals surface area contributed by atoms with Gasteiger partial charge in [0.2, 0.25) is 5.91 Å². The second kappa shape index (κ2) is 9.34. The third kappa shape index (κ3) is 4.30. The van der Waals surface area contributed by atoms with Crippen LogP contribution in [0.2, 0.25) is 5.02 Å². The number of aromatic nitrogens is 4. The van der Waals surface area contributed by atoms with Crippen molar-refractivity contribution < 1.29 is 4.79 Å². The average Bonchev–Trinajstić information content (AvgIpc) is 2.89. The topological polar surface area (TPSA) is 93.3 Å². The van der Waals surface area contributed by atoms with E-state index in [9.17, 15) is 14.4 Å². The number of halogens is 1. The third-order valence-corrected chi connectivity index (χ3v) is 6.58. The second-order valence-corrected chi connectivity index (χ2v) is 8.74. The highest BCUT2D eigenvalue weighted by Crippen LogP contribution is 2.23. The van der Waals surface area contributed by atoms with E-state index in [1.54, 1.807) is 42.4 Å². The highest BCUT2D eigenvalue weighted by atomic mass is 35.5. The predicted molar refractivity (Wildman–Crippen MR) is 134 cm³/mol. The van der Waals surface area contributed by atoms with Crippen LogP contribution in [-0.2, 0) is 18.3 Å². The fourth-order valence-corrected chi connectivity index (χ4v) is 4.60. The van der Waals surface area contributed by atoms with E-state index in [-0.39, 0.29) is 28.5 Å². The zero-order valence-electron chi connectivity index (χ0n) is 19.1. The minimum absolute atomic E-state index is 0.0651. The van der Waals surface area contributed by atoms with Gasteiger partial charge in [-0.15, -0.1) is 0 Å². The fourth-order valence-electron chi connectivity index (χ4n) is 4.36. The van der Waals surface area contributed by atoms with Crippen molar-refractivity contribution in [3.63, 3.8) is 0 Å².